The molecular weight excluding hydrogens is 240 g/mol. The van der Waals surface area contributed by atoms with Gasteiger partial charge in [-0.15, -0.1) is 0 Å². The predicted octanol–water partition coefficient (Wildman–Crippen LogP) is 2.39. The highest BCUT2D eigenvalue weighted by Crippen LogP contribution is 2.17. The Bertz CT molecular complexity index is 799. The fourth-order valence-electron chi connectivity index (χ4n) is 2.32. The van der Waals surface area contributed by atoms with E-state index in [4.69, 9.17) is 0 Å². The summed E-state index contributed by atoms with van der Waals surface area (Å²) in [6, 6.07) is 12.8. The number of fused-ring (bicyclic) bond motifs is 1. The number of aromatic hydroxyl groups is 1. The van der Waals surface area contributed by atoms with Crippen LogP contribution in [0.1, 0.15) is 11.1 Å². The number of H-pyrrole nitrogens is 1. The van der Waals surface area contributed by atoms with Gasteiger partial charge in [-0.2, -0.15) is 0 Å². The molecule has 4 nitrogen and oxygen atoms in total. The topological polar surface area (TPSA) is 58.0 Å². The maximum Gasteiger partial charge on any atom is 0.326 e. The predicted molar refractivity (Wildman–Crippen MR) is 74.5 cm³/mol. The number of rotatable bonds is 2. The lowest BCUT2D eigenvalue weighted by atomic mass is 10.2. The van der Waals surface area contributed by atoms with Gasteiger partial charge < -0.3 is 10.1 Å². The minimum Gasteiger partial charge on any atom is -0.508 e. The first-order chi connectivity index (χ1) is 9.15. The lowest BCUT2D eigenvalue weighted by Gasteiger charge is -2.04. The maximum atomic E-state index is 12.0. The van der Waals surface area contributed by atoms with E-state index in [2.05, 4.69) is 4.98 Å². The number of hydrogen-bond donors (Lipinski definition) is 2. The first-order valence-electron chi connectivity index (χ1n) is 6.11. The number of aryl methyl sites for hydroxylation is 1. The lowest BCUT2D eigenvalue weighted by Crippen LogP contribution is -2.17. The van der Waals surface area contributed by atoms with E-state index in [0.717, 1.165) is 22.2 Å². The Balaban J connectivity index is 2.13. The monoisotopic (exact) mass is 254 g/mol. The first-order valence-corrected chi connectivity index (χ1v) is 6.11. The van der Waals surface area contributed by atoms with E-state index in [-0.39, 0.29) is 11.4 Å². The Morgan fingerprint density at radius 1 is 1.21 bits per heavy atom. The third-order valence-corrected chi connectivity index (χ3v) is 3.27. The number of nitrogens with zero attached hydrogens (tertiary/aromatic N) is 1. The average Bonchev–Trinajstić information content (AvgIpc) is 2.69. The summed E-state index contributed by atoms with van der Waals surface area (Å²) in [6.45, 7) is 2.41. The molecule has 2 N–H and O–H groups in total. The van der Waals surface area contributed by atoms with Crippen LogP contribution < -0.4 is 5.69 Å². The van der Waals surface area contributed by atoms with Gasteiger partial charge in [0, 0.05) is 0 Å². The van der Waals surface area contributed by atoms with Crippen molar-refractivity contribution >= 4 is 11.0 Å². The van der Waals surface area contributed by atoms with E-state index in [0.29, 0.717) is 6.54 Å². The van der Waals surface area contributed by atoms with Crippen molar-refractivity contribution in [2.75, 3.05) is 0 Å². The zero-order chi connectivity index (χ0) is 13.4. The second-order valence-electron chi connectivity index (χ2n) is 4.66. The standard InChI is InChI=1S/C15H14N2O2/c1-10-4-2-7-13-14(10)16-15(19)17(13)9-11-5-3-6-12(18)8-11/h2-8,18H,9H2,1H3,(H,16,19). The number of imidazole rings is 1. The molecule has 0 aliphatic carbocycles. The van der Waals surface area contributed by atoms with E-state index in [1.165, 1.54) is 0 Å². The molecule has 2 aromatic carbocycles. The van der Waals surface area contributed by atoms with Crippen molar-refractivity contribution in [2.45, 2.75) is 13.5 Å². The van der Waals surface area contributed by atoms with Gasteiger partial charge in [-0.05, 0) is 36.2 Å². The number of hydrogen-bond acceptors (Lipinski definition) is 2. The van der Waals surface area contributed by atoms with Crippen LogP contribution in [0.15, 0.2) is 47.3 Å². The van der Waals surface area contributed by atoms with Gasteiger partial charge in [0.15, 0.2) is 0 Å². The first kappa shape index (κ1) is 11.6. The third-order valence-electron chi connectivity index (χ3n) is 3.27. The average molecular weight is 254 g/mol. The molecule has 0 amide bonds. The second kappa shape index (κ2) is 4.31. The quantitative estimate of drug-likeness (QED) is 0.737. The summed E-state index contributed by atoms with van der Waals surface area (Å²) in [5.41, 5.74) is 3.56. The number of para-hydroxylation sites is 1. The summed E-state index contributed by atoms with van der Waals surface area (Å²) in [5.74, 6) is 0.210. The molecule has 1 heterocycles. The van der Waals surface area contributed by atoms with Crippen LogP contribution >= 0.6 is 0 Å². The molecule has 4 heteroatoms. The van der Waals surface area contributed by atoms with Crippen molar-refractivity contribution < 1.29 is 5.11 Å². The molecule has 1 aromatic heterocycles. The Morgan fingerprint density at radius 3 is 2.79 bits per heavy atom. The molecule has 0 bridgehead atoms. The van der Waals surface area contributed by atoms with Crippen LogP contribution in [0.3, 0.4) is 0 Å². The van der Waals surface area contributed by atoms with Gasteiger partial charge in [-0.1, -0.05) is 24.3 Å². The fourth-order valence-corrected chi connectivity index (χ4v) is 2.32. The second-order valence-corrected chi connectivity index (χ2v) is 4.66. The Hall–Kier alpha value is -2.49. The summed E-state index contributed by atoms with van der Waals surface area (Å²) >= 11 is 0. The molecule has 0 aliphatic heterocycles. The molecule has 96 valence electrons. The van der Waals surface area contributed by atoms with Crippen molar-refractivity contribution in [3.8, 4) is 5.75 Å². The summed E-state index contributed by atoms with van der Waals surface area (Å²) in [5, 5.41) is 9.47. The van der Waals surface area contributed by atoms with Crippen molar-refractivity contribution in [3.05, 3.63) is 64.1 Å². The molecule has 0 atom stereocenters. The smallest absolute Gasteiger partial charge is 0.326 e. The number of aromatic amines is 1. The minimum atomic E-state index is -0.132. The third kappa shape index (κ3) is 2.01. The summed E-state index contributed by atoms with van der Waals surface area (Å²) in [6.07, 6.45) is 0. The van der Waals surface area contributed by atoms with E-state index in [1.807, 2.05) is 31.2 Å². The fraction of sp³-hybridized carbons (Fsp3) is 0.133. The van der Waals surface area contributed by atoms with Crippen LogP contribution in [0.5, 0.6) is 5.75 Å². The molecule has 3 rings (SSSR count). The van der Waals surface area contributed by atoms with Crippen LogP contribution in [0.25, 0.3) is 11.0 Å². The van der Waals surface area contributed by atoms with E-state index < -0.39 is 0 Å². The van der Waals surface area contributed by atoms with Gasteiger partial charge >= 0.3 is 5.69 Å². The van der Waals surface area contributed by atoms with Crippen molar-refractivity contribution in [1.29, 1.82) is 0 Å². The van der Waals surface area contributed by atoms with E-state index >= 15 is 0 Å². The minimum absolute atomic E-state index is 0.132. The molecular formula is C15H14N2O2. The zero-order valence-electron chi connectivity index (χ0n) is 10.6. The van der Waals surface area contributed by atoms with Crippen LogP contribution in [-0.2, 0) is 6.54 Å². The molecule has 0 saturated carbocycles. The Morgan fingerprint density at radius 2 is 2.00 bits per heavy atom. The van der Waals surface area contributed by atoms with Gasteiger partial charge in [0.1, 0.15) is 5.75 Å². The number of phenolic OH excluding ortho intramolecular Hbond substituents is 1. The van der Waals surface area contributed by atoms with Crippen LogP contribution in [0.2, 0.25) is 0 Å². The number of benzene rings is 2. The molecule has 0 saturated heterocycles. The van der Waals surface area contributed by atoms with E-state index in [9.17, 15) is 9.90 Å². The summed E-state index contributed by atoms with van der Waals surface area (Å²) in [4.78, 5) is 14.9. The van der Waals surface area contributed by atoms with Crippen molar-refractivity contribution in [3.63, 3.8) is 0 Å². The SMILES string of the molecule is Cc1cccc2c1[nH]c(=O)n2Cc1cccc(O)c1. The van der Waals surface area contributed by atoms with Crippen molar-refractivity contribution in [1.82, 2.24) is 9.55 Å². The Labute approximate surface area is 109 Å². The summed E-state index contributed by atoms with van der Waals surface area (Å²) < 4.78 is 1.68. The highest BCUT2D eigenvalue weighted by Gasteiger charge is 2.08. The molecule has 19 heavy (non-hydrogen) atoms. The van der Waals surface area contributed by atoms with Crippen molar-refractivity contribution in [2.24, 2.45) is 0 Å². The zero-order valence-corrected chi connectivity index (χ0v) is 10.6. The van der Waals surface area contributed by atoms with Crippen LogP contribution in [0.4, 0.5) is 0 Å². The highest BCUT2D eigenvalue weighted by molar-refractivity contribution is 5.78. The normalized spacial score (nSPS) is 11.0. The lowest BCUT2D eigenvalue weighted by molar-refractivity contribution is 0.474. The van der Waals surface area contributed by atoms with Gasteiger partial charge in [0.2, 0.25) is 0 Å². The molecule has 0 spiro atoms. The highest BCUT2D eigenvalue weighted by atomic mass is 16.3. The number of nitrogens with one attached hydrogen (secondary N) is 1. The Kier molecular flexibility index (Phi) is 2.63. The van der Waals surface area contributed by atoms with Gasteiger partial charge in [0.05, 0.1) is 17.6 Å². The van der Waals surface area contributed by atoms with Gasteiger partial charge in [0.25, 0.3) is 0 Å². The van der Waals surface area contributed by atoms with Crippen LogP contribution in [-0.4, -0.2) is 14.7 Å². The molecule has 0 fully saturated rings. The maximum absolute atomic E-state index is 12.0. The molecule has 0 radical (unpaired) electrons. The van der Waals surface area contributed by atoms with E-state index in [1.54, 1.807) is 22.8 Å². The summed E-state index contributed by atoms with van der Waals surface area (Å²) in [7, 11) is 0. The molecule has 0 unspecified atom stereocenters. The molecule has 3 aromatic rings. The van der Waals surface area contributed by atoms with Gasteiger partial charge in [-0.25, -0.2) is 4.79 Å². The molecule has 0 aliphatic rings. The number of phenols is 1. The number of aromatic nitrogens is 2. The van der Waals surface area contributed by atoms with Crippen LogP contribution in [0, 0.1) is 6.92 Å². The van der Waals surface area contributed by atoms with Gasteiger partial charge in [-0.3, -0.25) is 4.57 Å². The largest absolute Gasteiger partial charge is 0.508 e.